The summed E-state index contributed by atoms with van der Waals surface area (Å²) >= 11 is 0. The van der Waals surface area contributed by atoms with Crippen LogP contribution in [0.1, 0.15) is 40.5 Å². The zero-order valence-corrected chi connectivity index (χ0v) is 11.5. The summed E-state index contributed by atoms with van der Waals surface area (Å²) in [6, 6.07) is 0. The lowest BCUT2D eigenvalue weighted by atomic mass is 9.81. The third kappa shape index (κ3) is 3.92. The molecule has 0 aromatic rings. The Morgan fingerprint density at radius 3 is 2.76 bits per heavy atom. The normalized spacial score (nSPS) is 15.8. The molecule has 1 heteroatoms. The van der Waals surface area contributed by atoms with Crippen LogP contribution < -0.4 is 0 Å². The van der Waals surface area contributed by atoms with E-state index in [1.54, 1.807) is 0 Å². The largest absolute Gasteiger partial charge is 0.494 e. The first-order chi connectivity index (χ1) is 7.97. The van der Waals surface area contributed by atoms with Gasteiger partial charge in [0.1, 0.15) is 12.4 Å². The minimum Gasteiger partial charge on any atom is -0.494 e. The molecule has 94 valence electrons. The summed E-state index contributed by atoms with van der Waals surface area (Å²) in [6.07, 6.45) is 10.6. The van der Waals surface area contributed by atoms with E-state index in [1.807, 2.05) is 6.08 Å². The summed E-state index contributed by atoms with van der Waals surface area (Å²) in [5.74, 6) is 1.12. The van der Waals surface area contributed by atoms with Gasteiger partial charge in [-0.1, -0.05) is 37.6 Å². The van der Waals surface area contributed by atoms with E-state index >= 15 is 0 Å². The smallest absolute Gasteiger partial charge is 0.106 e. The molecule has 17 heavy (non-hydrogen) atoms. The maximum Gasteiger partial charge on any atom is 0.106 e. The van der Waals surface area contributed by atoms with Gasteiger partial charge in [-0.3, -0.25) is 0 Å². The van der Waals surface area contributed by atoms with Crippen LogP contribution in [0, 0.1) is 5.41 Å². The highest BCUT2D eigenvalue weighted by molar-refractivity contribution is 5.34. The van der Waals surface area contributed by atoms with Gasteiger partial charge in [-0.25, -0.2) is 0 Å². The molecule has 0 saturated heterocycles. The molecule has 0 saturated carbocycles. The molecule has 1 aliphatic rings. The molecule has 0 aliphatic heterocycles. The first-order valence-electron chi connectivity index (χ1n) is 6.27. The predicted molar refractivity (Wildman–Crippen MR) is 74.8 cm³/mol. The second kappa shape index (κ2) is 5.90. The Morgan fingerprint density at radius 1 is 1.47 bits per heavy atom. The fourth-order valence-electron chi connectivity index (χ4n) is 1.79. The average molecular weight is 232 g/mol. The molecule has 0 unspecified atom stereocenters. The predicted octanol–water partition coefficient (Wildman–Crippen LogP) is 4.79. The summed E-state index contributed by atoms with van der Waals surface area (Å²) in [7, 11) is 0. The van der Waals surface area contributed by atoms with Crippen LogP contribution in [0.4, 0.5) is 0 Å². The number of allylic oxidation sites excluding steroid dienone is 6. The van der Waals surface area contributed by atoms with Crippen molar-refractivity contribution in [2.75, 3.05) is 6.61 Å². The molecular weight excluding hydrogens is 208 g/mol. The van der Waals surface area contributed by atoms with Crippen molar-refractivity contribution in [2.24, 2.45) is 5.41 Å². The average Bonchev–Trinajstić information content (AvgIpc) is 2.29. The molecule has 0 fully saturated rings. The number of hydrogen-bond donors (Lipinski definition) is 0. The van der Waals surface area contributed by atoms with Crippen molar-refractivity contribution < 1.29 is 4.74 Å². The number of ether oxygens (including phenoxy) is 1. The number of rotatable bonds is 5. The van der Waals surface area contributed by atoms with Crippen LogP contribution in [0.3, 0.4) is 0 Å². The molecule has 0 heterocycles. The topological polar surface area (TPSA) is 9.23 Å². The Bertz CT molecular complexity index is 363. The zero-order valence-electron chi connectivity index (χ0n) is 11.5. The van der Waals surface area contributed by atoms with Crippen molar-refractivity contribution in [3.05, 3.63) is 47.8 Å². The molecule has 0 aromatic heterocycles. The van der Waals surface area contributed by atoms with Crippen molar-refractivity contribution in [2.45, 2.75) is 40.5 Å². The lowest BCUT2D eigenvalue weighted by Gasteiger charge is -2.27. The minimum atomic E-state index is -0.0166. The van der Waals surface area contributed by atoms with Gasteiger partial charge in [0, 0.05) is 11.8 Å². The molecule has 0 amide bonds. The van der Waals surface area contributed by atoms with Crippen LogP contribution in [0.2, 0.25) is 0 Å². The first kappa shape index (κ1) is 13.8. The summed E-state index contributed by atoms with van der Waals surface area (Å²) in [5.41, 5.74) is 2.54. The zero-order chi connectivity index (χ0) is 12.9. The minimum absolute atomic E-state index is 0.0166. The lowest BCUT2D eigenvalue weighted by Crippen LogP contribution is -2.15. The summed E-state index contributed by atoms with van der Waals surface area (Å²) in [6.45, 7) is 13.1. The highest BCUT2D eigenvalue weighted by Crippen LogP contribution is 2.35. The first-order valence-corrected chi connectivity index (χ1v) is 6.27. The molecule has 0 N–H and O–H groups in total. The van der Waals surface area contributed by atoms with Gasteiger partial charge < -0.3 is 4.74 Å². The highest BCUT2D eigenvalue weighted by atomic mass is 16.5. The second-order valence-electron chi connectivity index (χ2n) is 5.30. The van der Waals surface area contributed by atoms with Gasteiger partial charge in [0.25, 0.3) is 0 Å². The van der Waals surface area contributed by atoms with E-state index in [-0.39, 0.29) is 5.41 Å². The maximum absolute atomic E-state index is 5.90. The van der Waals surface area contributed by atoms with Gasteiger partial charge in [0.05, 0.1) is 0 Å². The fourth-order valence-corrected chi connectivity index (χ4v) is 1.79. The quantitative estimate of drug-likeness (QED) is 0.619. The van der Waals surface area contributed by atoms with Crippen LogP contribution in [0.5, 0.6) is 0 Å². The Morgan fingerprint density at radius 2 is 2.18 bits per heavy atom. The Labute approximate surface area is 106 Å². The van der Waals surface area contributed by atoms with Crippen molar-refractivity contribution >= 4 is 0 Å². The molecular formula is C16H24O. The molecule has 0 radical (unpaired) electrons. The standard InChI is InChI=1S/C16H24O/c1-6-16(4,5)14-9-7-8-10-15(14)17-12-11-13(2)3/h6-7,9,11H,1,8,10,12H2,2-5H3. The van der Waals surface area contributed by atoms with Gasteiger partial charge in [-0.2, -0.15) is 0 Å². The highest BCUT2D eigenvalue weighted by Gasteiger charge is 2.23. The molecule has 0 atom stereocenters. The SMILES string of the molecule is C=CC(C)(C)C1=C(OCC=C(C)C)CCC=C1. The van der Waals surface area contributed by atoms with Crippen LogP contribution in [-0.2, 0) is 4.74 Å². The Hall–Kier alpha value is -1.24. The van der Waals surface area contributed by atoms with Crippen LogP contribution >= 0.6 is 0 Å². The van der Waals surface area contributed by atoms with Gasteiger partial charge in [0.15, 0.2) is 0 Å². The van der Waals surface area contributed by atoms with E-state index in [9.17, 15) is 0 Å². The Balaban J connectivity index is 2.86. The van der Waals surface area contributed by atoms with E-state index in [2.05, 4.69) is 52.5 Å². The van der Waals surface area contributed by atoms with E-state index in [0.717, 1.165) is 18.6 Å². The third-order valence-corrected chi connectivity index (χ3v) is 3.08. The summed E-state index contributed by atoms with van der Waals surface area (Å²) in [4.78, 5) is 0. The molecule has 0 bridgehead atoms. The molecule has 0 aromatic carbocycles. The molecule has 0 spiro atoms. The summed E-state index contributed by atoms with van der Waals surface area (Å²) < 4.78 is 5.90. The third-order valence-electron chi connectivity index (χ3n) is 3.08. The molecule has 1 rings (SSSR count). The maximum atomic E-state index is 5.90. The van der Waals surface area contributed by atoms with Gasteiger partial charge in [-0.05, 0) is 31.9 Å². The van der Waals surface area contributed by atoms with Crippen molar-refractivity contribution in [1.82, 2.24) is 0 Å². The lowest BCUT2D eigenvalue weighted by molar-refractivity contribution is 0.225. The van der Waals surface area contributed by atoms with Gasteiger partial charge in [0.2, 0.25) is 0 Å². The number of hydrogen-bond acceptors (Lipinski definition) is 1. The van der Waals surface area contributed by atoms with Crippen molar-refractivity contribution in [1.29, 1.82) is 0 Å². The molecule has 1 aliphatic carbocycles. The molecule has 1 nitrogen and oxygen atoms in total. The van der Waals surface area contributed by atoms with E-state index in [0.29, 0.717) is 6.61 Å². The summed E-state index contributed by atoms with van der Waals surface area (Å²) in [5, 5.41) is 0. The van der Waals surface area contributed by atoms with Crippen LogP contribution in [-0.4, -0.2) is 6.61 Å². The van der Waals surface area contributed by atoms with E-state index in [1.165, 1.54) is 11.1 Å². The van der Waals surface area contributed by atoms with Crippen LogP contribution in [0.25, 0.3) is 0 Å². The van der Waals surface area contributed by atoms with E-state index < -0.39 is 0 Å². The van der Waals surface area contributed by atoms with E-state index in [4.69, 9.17) is 4.74 Å². The fraction of sp³-hybridized carbons (Fsp3) is 0.500. The van der Waals surface area contributed by atoms with Crippen LogP contribution in [0.15, 0.2) is 47.8 Å². The van der Waals surface area contributed by atoms with Gasteiger partial charge >= 0.3 is 0 Å². The van der Waals surface area contributed by atoms with Crippen molar-refractivity contribution in [3.8, 4) is 0 Å². The van der Waals surface area contributed by atoms with Gasteiger partial charge in [-0.15, -0.1) is 6.58 Å². The van der Waals surface area contributed by atoms with Crippen molar-refractivity contribution in [3.63, 3.8) is 0 Å². The monoisotopic (exact) mass is 232 g/mol. The Kier molecular flexibility index (Phi) is 4.80. The second-order valence-corrected chi connectivity index (χ2v) is 5.30.